The lowest BCUT2D eigenvalue weighted by Crippen LogP contribution is -2.53. The van der Waals surface area contributed by atoms with E-state index in [1.165, 1.54) is 0 Å². The van der Waals surface area contributed by atoms with Crippen LogP contribution < -0.4 is 10.7 Å². The number of fused-ring (bicyclic) bond motifs is 1. The quantitative estimate of drug-likeness (QED) is 0.562. The van der Waals surface area contributed by atoms with Gasteiger partial charge < -0.3 is 15.0 Å². The summed E-state index contributed by atoms with van der Waals surface area (Å²) in [6, 6.07) is 16.1. The van der Waals surface area contributed by atoms with E-state index in [4.69, 9.17) is 4.74 Å². The van der Waals surface area contributed by atoms with Gasteiger partial charge in [0.25, 0.3) is 0 Å². The van der Waals surface area contributed by atoms with E-state index in [9.17, 15) is 0 Å². The lowest BCUT2D eigenvalue weighted by atomic mass is 10.0. The van der Waals surface area contributed by atoms with Crippen LogP contribution in [-0.4, -0.2) is 57.6 Å². The molecule has 3 aliphatic heterocycles. The van der Waals surface area contributed by atoms with Crippen LogP contribution in [0.5, 0.6) is 0 Å². The van der Waals surface area contributed by atoms with E-state index in [0.29, 0.717) is 13.2 Å². The van der Waals surface area contributed by atoms with Crippen molar-refractivity contribution in [2.24, 2.45) is 4.99 Å². The summed E-state index contributed by atoms with van der Waals surface area (Å²) in [6.45, 7) is 3.09. The number of hydrazine groups is 1. The summed E-state index contributed by atoms with van der Waals surface area (Å²) in [7, 11) is 0. The Balaban J connectivity index is 1.34. The minimum atomic E-state index is -0.755. The smallest absolute Gasteiger partial charge is 0.156 e. The number of H-pyrrole nitrogens is 1. The number of benzene rings is 1. The molecule has 0 aliphatic carbocycles. The Hall–Kier alpha value is -3.95. The monoisotopic (exact) mass is 440 g/mol. The van der Waals surface area contributed by atoms with Gasteiger partial charge in [-0.05, 0) is 23.8 Å². The molecule has 0 radical (unpaired) electrons. The molecule has 33 heavy (non-hydrogen) atoms. The Morgan fingerprint density at radius 2 is 1.85 bits per heavy atom. The van der Waals surface area contributed by atoms with Crippen molar-refractivity contribution in [3.05, 3.63) is 90.3 Å². The second-order valence-electron chi connectivity index (χ2n) is 8.05. The van der Waals surface area contributed by atoms with Crippen molar-refractivity contribution in [1.29, 1.82) is 0 Å². The molecule has 1 fully saturated rings. The van der Waals surface area contributed by atoms with Crippen LogP contribution in [-0.2, 0) is 10.4 Å². The third-order valence-corrected chi connectivity index (χ3v) is 5.98. The Morgan fingerprint density at radius 3 is 2.67 bits per heavy atom. The first-order chi connectivity index (χ1) is 16.3. The molecule has 9 heteroatoms. The van der Waals surface area contributed by atoms with E-state index in [1.54, 1.807) is 12.4 Å². The molecule has 1 unspecified atom stereocenters. The topological polar surface area (TPSA) is 93.7 Å². The van der Waals surface area contributed by atoms with Gasteiger partial charge in [0.1, 0.15) is 17.5 Å². The standard InChI is InChI=1S/C24H24N8O/c1-2-4-18(5-3-1)20-16-21(29-28-20)27-24(19-6-9-25-10-7-19)17-22-26-11-8-23(32(22)30-24)31-12-14-33-15-13-31/h1-11,16-17,30H,12-15H2,(H2,27,28,29). The molecule has 0 bridgehead atoms. The number of hydrogen-bond donors (Lipinski definition) is 3. The zero-order valence-corrected chi connectivity index (χ0v) is 18.0. The molecule has 166 valence electrons. The van der Waals surface area contributed by atoms with Gasteiger partial charge in [-0.1, -0.05) is 30.3 Å². The fourth-order valence-electron chi connectivity index (χ4n) is 4.34. The summed E-state index contributed by atoms with van der Waals surface area (Å²) in [5.74, 6) is 2.59. The molecule has 3 aromatic rings. The Kier molecular flexibility index (Phi) is 4.89. The summed E-state index contributed by atoms with van der Waals surface area (Å²) in [6.07, 6.45) is 9.54. The van der Waals surface area contributed by atoms with Gasteiger partial charge in [0.15, 0.2) is 5.66 Å². The summed E-state index contributed by atoms with van der Waals surface area (Å²) in [4.78, 5) is 11.1. The van der Waals surface area contributed by atoms with Gasteiger partial charge in [-0.3, -0.25) is 10.1 Å². The molecule has 0 amide bonds. The Bertz CT molecular complexity index is 1210. The van der Waals surface area contributed by atoms with Gasteiger partial charge in [-0.2, -0.15) is 10.5 Å². The number of aromatic amines is 1. The molecule has 9 nitrogen and oxygen atoms in total. The van der Waals surface area contributed by atoms with Crippen LogP contribution in [0.3, 0.4) is 0 Å². The van der Waals surface area contributed by atoms with Crippen molar-refractivity contribution >= 4 is 12.0 Å². The van der Waals surface area contributed by atoms with Crippen LogP contribution in [0, 0.1) is 0 Å². The fourth-order valence-corrected chi connectivity index (χ4v) is 4.34. The molecule has 3 N–H and O–H groups in total. The van der Waals surface area contributed by atoms with Crippen molar-refractivity contribution in [2.45, 2.75) is 5.66 Å². The van der Waals surface area contributed by atoms with E-state index >= 15 is 0 Å². The first-order valence-electron chi connectivity index (χ1n) is 11.0. The average Bonchev–Trinajstić information content (AvgIpc) is 3.51. The molecule has 6 rings (SSSR count). The second-order valence-corrected chi connectivity index (χ2v) is 8.05. The number of hydrogen-bond acceptors (Lipinski definition) is 8. The second kappa shape index (κ2) is 8.19. The third-order valence-electron chi connectivity index (χ3n) is 5.98. The highest BCUT2D eigenvalue weighted by molar-refractivity contribution is 5.75. The Labute approximate surface area is 191 Å². The summed E-state index contributed by atoms with van der Waals surface area (Å²) in [5, 5.41) is 13.3. The van der Waals surface area contributed by atoms with Crippen LogP contribution in [0.1, 0.15) is 5.56 Å². The summed E-state index contributed by atoms with van der Waals surface area (Å²) in [5.41, 5.74) is 5.92. The maximum absolute atomic E-state index is 5.54. The SMILES string of the molecule is C1=NC2=CC(Nc3cc(-c4ccccc4)[nH]n3)(c3ccncc3)NN2C(N2CCOCC2)=C1. The summed E-state index contributed by atoms with van der Waals surface area (Å²) >= 11 is 0. The number of pyridine rings is 1. The largest absolute Gasteiger partial charge is 0.378 e. The number of anilines is 1. The number of aliphatic imine (C=N–C) groups is 1. The molecule has 1 aromatic carbocycles. The molecule has 0 spiro atoms. The number of nitrogens with zero attached hydrogens (tertiary/aromatic N) is 5. The van der Waals surface area contributed by atoms with Crippen molar-refractivity contribution in [3.8, 4) is 11.3 Å². The number of rotatable bonds is 5. The van der Waals surface area contributed by atoms with E-state index < -0.39 is 5.66 Å². The summed E-state index contributed by atoms with van der Waals surface area (Å²) < 4.78 is 5.54. The predicted octanol–water partition coefficient (Wildman–Crippen LogP) is 2.66. The number of nitrogens with one attached hydrogen (secondary N) is 3. The molecule has 2 aromatic heterocycles. The minimum Gasteiger partial charge on any atom is -0.378 e. The first-order valence-corrected chi connectivity index (χ1v) is 11.0. The van der Waals surface area contributed by atoms with Crippen molar-refractivity contribution < 1.29 is 4.74 Å². The molecule has 0 saturated carbocycles. The molecule has 5 heterocycles. The van der Waals surface area contributed by atoms with Gasteiger partial charge in [-0.25, -0.2) is 10.0 Å². The highest BCUT2D eigenvalue weighted by Gasteiger charge is 2.42. The molecule has 1 atom stereocenters. The maximum atomic E-state index is 5.54. The lowest BCUT2D eigenvalue weighted by Gasteiger charge is -2.39. The van der Waals surface area contributed by atoms with Crippen LogP contribution in [0.4, 0.5) is 5.82 Å². The molecular weight excluding hydrogens is 416 g/mol. The van der Waals surface area contributed by atoms with Gasteiger partial charge in [0.05, 0.1) is 18.9 Å². The third kappa shape index (κ3) is 3.67. The van der Waals surface area contributed by atoms with E-state index in [2.05, 4.69) is 54.0 Å². The van der Waals surface area contributed by atoms with E-state index in [1.807, 2.05) is 53.7 Å². The number of ether oxygens (including phenoxy) is 1. The van der Waals surface area contributed by atoms with Gasteiger partial charge in [0, 0.05) is 49.4 Å². The van der Waals surface area contributed by atoms with Crippen molar-refractivity contribution in [1.82, 2.24) is 30.5 Å². The first kappa shape index (κ1) is 19.7. The molecular formula is C24H24N8O. The zero-order chi connectivity index (χ0) is 22.1. The minimum absolute atomic E-state index is 0.713. The van der Waals surface area contributed by atoms with Crippen LogP contribution in [0.25, 0.3) is 11.3 Å². The van der Waals surface area contributed by atoms with E-state index in [0.717, 1.165) is 47.4 Å². The predicted molar refractivity (Wildman–Crippen MR) is 126 cm³/mol. The normalized spacial score (nSPS) is 22.1. The number of allylic oxidation sites excluding steroid dienone is 1. The average molecular weight is 441 g/mol. The Morgan fingerprint density at radius 1 is 1.03 bits per heavy atom. The van der Waals surface area contributed by atoms with Crippen molar-refractivity contribution in [2.75, 3.05) is 31.6 Å². The zero-order valence-electron chi connectivity index (χ0n) is 18.0. The highest BCUT2D eigenvalue weighted by Crippen LogP contribution is 2.36. The molecule has 1 saturated heterocycles. The van der Waals surface area contributed by atoms with Crippen LogP contribution in [0.2, 0.25) is 0 Å². The lowest BCUT2D eigenvalue weighted by molar-refractivity contribution is 0.0345. The van der Waals surface area contributed by atoms with Gasteiger partial charge in [-0.15, -0.1) is 0 Å². The maximum Gasteiger partial charge on any atom is 0.156 e. The van der Waals surface area contributed by atoms with E-state index in [-0.39, 0.29) is 0 Å². The van der Waals surface area contributed by atoms with Crippen LogP contribution >= 0.6 is 0 Å². The van der Waals surface area contributed by atoms with Gasteiger partial charge in [0.2, 0.25) is 0 Å². The van der Waals surface area contributed by atoms with Crippen molar-refractivity contribution in [3.63, 3.8) is 0 Å². The fraction of sp³-hybridized carbons (Fsp3) is 0.208. The van der Waals surface area contributed by atoms with Crippen LogP contribution in [0.15, 0.2) is 89.7 Å². The highest BCUT2D eigenvalue weighted by atomic mass is 16.5. The number of aromatic nitrogens is 3. The van der Waals surface area contributed by atoms with Gasteiger partial charge >= 0.3 is 0 Å². The molecule has 3 aliphatic rings. The number of morpholine rings is 1.